The summed E-state index contributed by atoms with van der Waals surface area (Å²) in [5.74, 6) is -1.25. The van der Waals surface area contributed by atoms with E-state index in [9.17, 15) is 19.5 Å². The van der Waals surface area contributed by atoms with Crippen LogP contribution in [0.15, 0.2) is 47.4 Å². The summed E-state index contributed by atoms with van der Waals surface area (Å²) < 4.78 is 2.14. The van der Waals surface area contributed by atoms with Gasteiger partial charge in [0.25, 0.3) is 11.5 Å². The first kappa shape index (κ1) is 25.0. The molecule has 2 heterocycles. The Morgan fingerprint density at radius 1 is 0.944 bits per heavy atom. The zero-order chi connectivity index (χ0) is 26.3. The first-order valence-corrected chi connectivity index (χ1v) is 11.9. The molecule has 2 aromatic carbocycles. The van der Waals surface area contributed by atoms with E-state index in [0.29, 0.717) is 16.7 Å². The Balaban J connectivity index is 1.83. The minimum Gasteiger partial charge on any atom is -0.478 e. The number of hydrogen-bond donors (Lipinski definition) is 3. The molecule has 3 N–H and O–H groups in total. The zero-order valence-corrected chi connectivity index (χ0v) is 21.4. The lowest BCUT2D eigenvalue weighted by molar-refractivity contribution is 0.0696. The van der Waals surface area contributed by atoms with Gasteiger partial charge < -0.3 is 20.0 Å². The molecule has 0 saturated heterocycles. The van der Waals surface area contributed by atoms with Gasteiger partial charge in [-0.25, -0.2) is 4.79 Å². The lowest BCUT2D eigenvalue weighted by Crippen LogP contribution is -2.28. The number of pyridine rings is 1. The second-order valence-corrected chi connectivity index (χ2v) is 9.69. The van der Waals surface area contributed by atoms with Crippen LogP contribution in [0.3, 0.4) is 0 Å². The highest BCUT2D eigenvalue weighted by atomic mass is 16.4. The number of aromatic amines is 1. The van der Waals surface area contributed by atoms with Crippen LogP contribution < -0.4 is 10.9 Å². The van der Waals surface area contributed by atoms with Crippen molar-refractivity contribution in [3.8, 4) is 11.1 Å². The molecular weight excluding hydrogens is 454 g/mol. The average molecular weight is 486 g/mol. The van der Waals surface area contributed by atoms with Crippen molar-refractivity contribution in [2.45, 2.75) is 54.1 Å². The number of rotatable bonds is 6. The molecule has 0 aliphatic heterocycles. The third-order valence-corrected chi connectivity index (χ3v) is 6.63. The number of nitrogens with one attached hydrogen (secondary N) is 2. The minimum absolute atomic E-state index is 0.113. The van der Waals surface area contributed by atoms with Crippen molar-refractivity contribution >= 4 is 22.8 Å². The number of carboxylic acids is 1. The summed E-state index contributed by atoms with van der Waals surface area (Å²) >= 11 is 0. The van der Waals surface area contributed by atoms with Crippen LogP contribution in [0.25, 0.3) is 22.0 Å². The zero-order valence-electron chi connectivity index (χ0n) is 21.4. The number of carboxylic acid groups (broad SMARTS) is 1. The molecule has 0 aliphatic rings. The smallest absolute Gasteiger partial charge is 0.335 e. The van der Waals surface area contributed by atoms with Gasteiger partial charge in [-0.1, -0.05) is 12.1 Å². The van der Waals surface area contributed by atoms with Gasteiger partial charge in [-0.3, -0.25) is 9.59 Å². The average Bonchev–Trinajstić information content (AvgIpc) is 3.14. The standard InChI is InChI=1S/C29H31N3O4/c1-15(2)32-14-18(5)26-23(27(33)30-13-24-16(3)9-19(6)31-28(24)34)11-21(12-25(26)32)20-7-8-22(29(35)36)17(4)10-20/h7-12,14-15H,13H2,1-6H3,(H,30,33)(H,31,34)(H,35,36). The number of benzene rings is 2. The number of aryl methyl sites for hydroxylation is 4. The number of amides is 1. The van der Waals surface area contributed by atoms with E-state index in [1.165, 1.54) is 0 Å². The van der Waals surface area contributed by atoms with Gasteiger partial charge in [-0.2, -0.15) is 0 Å². The number of hydrogen-bond acceptors (Lipinski definition) is 3. The van der Waals surface area contributed by atoms with Crippen LogP contribution >= 0.6 is 0 Å². The summed E-state index contributed by atoms with van der Waals surface area (Å²) in [6.07, 6.45) is 2.05. The van der Waals surface area contributed by atoms with Crippen molar-refractivity contribution < 1.29 is 14.7 Å². The Labute approximate surface area is 209 Å². The van der Waals surface area contributed by atoms with Gasteiger partial charge in [-0.05, 0) is 93.6 Å². The largest absolute Gasteiger partial charge is 0.478 e. The Morgan fingerprint density at radius 3 is 2.28 bits per heavy atom. The topological polar surface area (TPSA) is 104 Å². The molecule has 186 valence electrons. The van der Waals surface area contributed by atoms with Crippen LogP contribution in [0.4, 0.5) is 0 Å². The lowest BCUT2D eigenvalue weighted by atomic mass is 9.95. The van der Waals surface area contributed by atoms with E-state index in [0.717, 1.165) is 38.9 Å². The first-order valence-electron chi connectivity index (χ1n) is 11.9. The summed E-state index contributed by atoms with van der Waals surface area (Å²) in [7, 11) is 0. The third-order valence-electron chi connectivity index (χ3n) is 6.63. The summed E-state index contributed by atoms with van der Waals surface area (Å²) in [5, 5.41) is 13.2. The molecule has 7 heteroatoms. The van der Waals surface area contributed by atoms with E-state index in [4.69, 9.17) is 0 Å². The fourth-order valence-electron chi connectivity index (χ4n) is 4.81. The van der Waals surface area contributed by atoms with Crippen LogP contribution in [0.2, 0.25) is 0 Å². The van der Waals surface area contributed by atoms with Gasteiger partial charge >= 0.3 is 5.97 Å². The maximum absolute atomic E-state index is 13.5. The van der Waals surface area contributed by atoms with Gasteiger partial charge in [-0.15, -0.1) is 0 Å². The lowest BCUT2D eigenvalue weighted by Gasteiger charge is -2.14. The first-order chi connectivity index (χ1) is 17.0. The second-order valence-electron chi connectivity index (χ2n) is 9.69. The SMILES string of the molecule is Cc1cc(C)c(CNC(=O)c2cc(-c3ccc(C(=O)O)c(C)c3)cc3c2c(C)cn3C(C)C)c(=O)[nH]1. The summed E-state index contributed by atoms with van der Waals surface area (Å²) in [6.45, 7) is 11.7. The fraction of sp³-hybridized carbons (Fsp3) is 0.276. The molecule has 0 saturated carbocycles. The molecule has 4 aromatic rings. The molecule has 0 radical (unpaired) electrons. The molecular formula is C29H31N3O4. The molecule has 7 nitrogen and oxygen atoms in total. The highest BCUT2D eigenvalue weighted by Gasteiger charge is 2.20. The maximum Gasteiger partial charge on any atom is 0.335 e. The van der Waals surface area contributed by atoms with Crippen LogP contribution in [0, 0.1) is 27.7 Å². The van der Waals surface area contributed by atoms with Gasteiger partial charge in [0.05, 0.1) is 5.56 Å². The van der Waals surface area contributed by atoms with E-state index in [1.54, 1.807) is 19.1 Å². The molecule has 0 unspecified atom stereocenters. The Bertz CT molecular complexity index is 1570. The van der Waals surface area contributed by atoms with Crippen molar-refractivity contribution in [2.24, 2.45) is 0 Å². The molecule has 0 bridgehead atoms. The number of fused-ring (bicyclic) bond motifs is 1. The van der Waals surface area contributed by atoms with Crippen LogP contribution in [-0.2, 0) is 6.54 Å². The van der Waals surface area contributed by atoms with Gasteiger partial charge in [0, 0.05) is 46.5 Å². The number of aromatic nitrogens is 2. The number of H-pyrrole nitrogens is 1. The molecule has 36 heavy (non-hydrogen) atoms. The van der Waals surface area contributed by atoms with Gasteiger partial charge in [0.1, 0.15) is 0 Å². The Kier molecular flexibility index (Phi) is 6.59. The minimum atomic E-state index is -0.972. The number of carbonyl (C=O) groups is 2. The Morgan fingerprint density at radius 2 is 1.67 bits per heavy atom. The van der Waals surface area contributed by atoms with E-state index >= 15 is 0 Å². The van der Waals surface area contributed by atoms with E-state index in [1.807, 2.05) is 51.2 Å². The quantitative estimate of drug-likeness (QED) is 0.338. The third kappa shape index (κ3) is 4.56. The molecule has 2 aromatic heterocycles. The van der Waals surface area contributed by atoms with Gasteiger partial charge in [0.2, 0.25) is 0 Å². The van der Waals surface area contributed by atoms with Crippen molar-refractivity contribution in [2.75, 3.05) is 0 Å². The van der Waals surface area contributed by atoms with Crippen LogP contribution in [-0.4, -0.2) is 26.5 Å². The predicted octanol–water partition coefficient (Wildman–Crippen LogP) is 5.44. The van der Waals surface area contributed by atoms with Crippen molar-refractivity contribution in [1.29, 1.82) is 0 Å². The van der Waals surface area contributed by atoms with Crippen molar-refractivity contribution in [3.05, 3.63) is 92.0 Å². The predicted molar refractivity (Wildman–Crippen MR) is 142 cm³/mol. The Hall–Kier alpha value is -4.13. The van der Waals surface area contributed by atoms with E-state index < -0.39 is 5.97 Å². The monoisotopic (exact) mass is 485 g/mol. The van der Waals surface area contributed by atoms with Crippen LogP contribution in [0.1, 0.15) is 68.6 Å². The summed E-state index contributed by atoms with van der Waals surface area (Å²) in [5.41, 5.74) is 6.88. The van der Waals surface area contributed by atoms with Crippen LogP contribution in [0.5, 0.6) is 0 Å². The normalized spacial score (nSPS) is 11.3. The summed E-state index contributed by atoms with van der Waals surface area (Å²) in [4.78, 5) is 40.3. The molecule has 0 atom stereocenters. The molecule has 0 spiro atoms. The van der Waals surface area contributed by atoms with Gasteiger partial charge in [0.15, 0.2) is 0 Å². The molecule has 1 amide bonds. The van der Waals surface area contributed by atoms with E-state index in [-0.39, 0.29) is 29.6 Å². The van der Waals surface area contributed by atoms with Crippen molar-refractivity contribution in [1.82, 2.24) is 14.9 Å². The molecule has 0 aliphatic carbocycles. The van der Waals surface area contributed by atoms with E-state index in [2.05, 4.69) is 28.7 Å². The fourth-order valence-corrected chi connectivity index (χ4v) is 4.81. The maximum atomic E-state index is 13.5. The number of nitrogens with zero attached hydrogens (tertiary/aromatic N) is 1. The second kappa shape index (κ2) is 9.49. The highest BCUT2D eigenvalue weighted by molar-refractivity contribution is 6.09. The summed E-state index contributed by atoms with van der Waals surface area (Å²) in [6, 6.07) is 11.1. The molecule has 4 rings (SSSR count). The van der Waals surface area contributed by atoms with Crippen molar-refractivity contribution in [3.63, 3.8) is 0 Å². The molecule has 0 fully saturated rings. The highest BCUT2D eigenvalue weighted by Crippen LogP contribution is 2.33. The number of carbonyl (C=O) groups excluding carboxylic acids is 1. The number of aromatic carboxylic acids is 1.